The summed E-state index contributed by atoms with van der Waals surface area (Å²) in [6.45, 7) is 8.52. The third-order valence-electron chi connectivity index (χ3n) is 7.85. The maximum atomic E-state index is 11.5. The molecule has 2 heteroatoms. The molecule has 0 spiro atoms. The Balaban J connectivity index is 1.65. The van der Waals surface area contributed by atoms with E-state index in [1.807, 2.05) is 0 Å². The average Bonchev–Trinajstić information content (AvgIpc) is 2.84. The molecule has 1 N–H and O–H groups in total. The molecule has 0 heterocycles. The second-order valence-electron chi connectivity index (χ2n) is 9.14. The first-order valence-electron chi connectivity index (χ1n) is 9.91. The first-order chi connectivity index (χ1) is 11.9. The maximum Gasteiger partial charge on any atom is 0.119 e. The van der Waals surface area contributed by atoms with Crippen LogP contribution in [0, 0.1) is 17.3 Å². The predicted octanol–water partition coefficient (Wildman–Crippen LogP) is 5.25. The second-order valence-corrected chi connectivity index (χ2v) is 9.14. The number of methoxy groups -OCH3 is 1. The fourth-order valence-electron chi connectivity index (χ4n) is 6.59. The van der Waals surface area contributed by atoms with Gasteiger partial charge in [-0.15, -0.1) is 6.58 Å². The Morgan fingerprint density at radius 3 is 2.80 bits per heavy atom. The quantitative estimate of drug-likeness (QED) is 0.762. The molecule has 3 aliphatic rings. The van der Waals surface area contributed by atoms with E-state index >= 15 is 0 Å². The molecule has 1 aromatic carbocycles. The molecule has 1 aromatic rings. The highest BCUT2D eigenvalue weighted by molar-refractivity contribution is 5.41. The summed E-state index contributed by atoms with van der Waals surface area (Å²) in [5.41, 5.74) is 3.66. The van der Waals surface area contributed by atoms with Crippen molar-refractivity contribution in [3.63, 3.8) is 0 Å². The number of ether oxygens (including phenoxy) is 1. The van der Waals surface area contributed by atoms with Gasteiger partial charge in [-0.3, -0.25) is 0 Å². The van der Waals surface area contributed by atoms with E-state index in [4.69, 9.17) is 4.74 Å². The van der Waals surface area contributed by atoms with Gasteiger partial charge in [-0.05, 0) is 98.3 Å². The summed E-state index contributed by atoms with van der Waals surface area (Å²) in [5.74, 6) is 3.01. The van der Waals surface area contributed by atoms with Crippen molar-refractivity contribution in [2.45, 2.75) is 70.3 Å². The molecule has 0 unspecified atom stereocenters. The lowest BCUT2D eigenvalue weighted by atomic mass is 9.53. The minimum atomic E-state index is -0.547. The van der Waals surface area contributed by atoms with Crippen molar-refractivity contribution in [2.75, 3.05) is 7.11 Å². The largest absolute Gasteiger partial charge is 0.497 e. The Bertz CT molecular complexity index is 693. The van der Waals surface area contributed by atoms with Gasteiger partial charge in [0.1, 0.15) is 5.75 Å². The summed E-state index contributed by atoms with van der Waals surface area (Å²) >= 11 is 0. The topological polar surface area (TPSA) is 29.5 Å². The van der Waals surface area contributed by atoms with Gasteiger partial charge in [0.15, 0.2) is 0 Å². The predicted molar refractivity (Wildman–Crippen MR) is 102 cm³/mol. The highest BCUT2D eigenvalue weighted by Gasteiger charge is 2.61. The van der Waals surface area contributed by atoms with E-state index in [9.17, 15) is 5.11 Å². The third-order valence-corrected chi connectivity index (χ3v) is 7.85. The van der Waals surface area contributed by atoms with Crippen LogP contribution in [0.5, 0.6) is 5.75 Å². The van der Waals surface area contributed by atoms with Gasteiger partial charge in [0.25, 0.3) is 0 Å². The number of hydrogen-bond donors (Lipinski definition) is 1. The molecule has 136 valence electrons. The minimum Gasteiger partial charge on any atom is -0.497 e. The Kier molecular flexibility index (Phi) is 4.03. The number of aliphatic hydroxyl groups is 1. The molecule has 0 bridgehead atoms. The van der Waals surface area contributed by atoms with E-state index in [2.05, 4.69) is 38.6 Å². The summed E-state index contributed by atoms with van der Waals surface area (Å²) in [7, 11) is 1.75. The molecule has 2 nitrogen and oxygen atoms in total. The molecule has 0 radical (unpaired) electrons. The molecule has 5 atom stereocenters. The van der Waals surface area contributed by atoms with E-state index in [-0.39, 0.29) is 5.41 Å². The van der Waals surface area contributed by atoms with Crippen molar-refractivity contribution in [3.05, 3.63) is 41.5 Å². The van der Waals surface area contributed by atoms with Crippen molar-refractivity contribution in [2.24, 2.45) is 17.3 Å². The molecule has 2 fully saturated rings. The van der Waals surface area contributed by atoms with E-state index in [0.717, 1.165) is 42.9 Å². The third kappa shape index (κ3) is 2.48. The van der Waals surface area contributed by atoms with Crippen molar-refractivity contribution in [3.8, 4) is 5.75 Å². The van der Waals surface area contributed by atoms with Crippen LogP contribution in [0.3, 0.4) is 0 Å². The zero-order valence-electron chi connectivity index (χ0n) is 16.0. The first-order valence-corrected chi connectivity index (χ1v) is 9.91. The normalized spacial score (nSPS) is 39.3. The lowest BCUT2D eigenvalue weighted by Crippen LogP contribution is -2.50. The summed E-state index contributed by atoms with van der Waals surface area (Å²) in [6.07, 6.45) is 7.63. The van der Waals surface area contributed by atoms with Gasteiger partial charge in [-0.2, -0.15) is 0 Å². The van der Waals surface area contributed by atoms with Gasteiger partial charge in [0.2, 0.25) is 0 Å². The summed E-state index contributed by atoms with van der Waals surface area (Å²) < 4.78 is 5.42. The summed E-state index contributed by atoms with van der Waals surface area (Å²) in [6, 6.07) is 6.68. The number of rotatable bonds is 3. The van der Waals surface area contributed by atoms with Crippen molar-refractivity contribution < 1.29 is 9.84 Å². The Morgan fingerprint density at radius 1 is 1.28 bits per heavy atom. The van der Waals surface area contributed by atoms with Gasteiger partial charge in [0, 0.05) is 0 Å². The molecule has 0 aromatic heterocycles. The van der Waals surface area contributed by atoms with E-state index in [1.165, 1.54) is 24.8 Å². The van der Waals surface area contributed by atoms with Crippen LogP contribution in [0.1, 0.15) is 69.4 Å². The van der Waals surface area contributed by atoms with Crippen molar-refractivity contribution in [1.29, 1.82) is 0 Å². The number of fused-ring (bicyclic) bond motifs is 5. The monoisotopic (exact) mass is 340 g/mol. The van der Waals surface area contributed by atoms with Crippen LogP contribution in [0.4, 0.5) is 0 Å². The highest BCUT2D eigenvalue weighted by Crippen LogP contribution is 2.65. The molecule has 25 heavy (non-hydrogen) atoms. The number of benzene rings is 1. The second kappa shape index (κ2) is 5.87. The van der Waals surface area contributed by atoms with E-state index in [1.54, 1.807) is 12.7 Å². The van der Waals surface area contributed by atoms with Crippen LogP contribution in [0.25, 0.3) is 0 Å². The Hall–Kier alpha value is -1.28. The van der Waals surface area contributed by atoms with Crippen LogP contribution in [0.15, 0.2) is 30.4 Å². The molecular weight excluding hydrogens is 308 g/mol. The van der Waals surface area contributed by atoms with Gasteiger partial charge < -0.3 is 9.84 Å². The number of aryl methyl sites for hydroxylation is 1. The molecule has 4 rings (SSSR count). The molecule has 2 saturated carbocycles. The van der Waals surface area contributed by atoms with Crippen LogP contribution in [-0.2, 0) is 6.42 Å². The lowest BCUT2D eigenvalue weighted by Gasteiger charge is -2.53. The molecule has 0 amide bonds. The molecule has 3 aliphatic carbocycles. The lowest BCUT2D eigenvalue weighted by molar-refractivity contribution is -0.102. The van der Waals surface area contributed by atoms with Crippen molar-refractivity contribution >= 4 is 0 Å². The van der Waals surface area contributed by atoms with Crippen molar-refractivity contribution in [1.82, 2.24) is 0 Å². The summed E-state index contributed by atoms with van der Waals surface area (Å²) in [5, 5.41) is 11.5. The van der Waals surface area contributed by atoms with Crippen LogP contribution < -0.4 is 4.74 Å². The summed E-state index contributed by atoms with van der Waals surface area (Å²) in [4.78, 5) is 0. The smallest absolute Gasteiger partial charge is 0.119 e. The van der Waals surface area contributed by atoms with Crippen LogP contribution in [0.2, 0.25) is 0 Å². The van der Waals surface area contributed by atoms with Gasteiger partial charge in [0.05, 0.1) is 12.7 Å². The van der Waals surface area contributed by atoms with Crippen LogP contribution >= 0.6 is 0 Å². The zero-order valence-corrected chi connectivity index (χ0v) is 16.0. The van der Waals surface area contributed by atoms with Gasteiger partial charge in [-0.1, -0.05) is 18.6 Å². The molecule has 0 saturated heterocycles. The van der Waals surface area contributed by atoms with Gasteiger partial charge in [-0.25, -0.2) is 0 Å². The fourth-order valence-corrected chi connectivity index (χ4v) is 6.59. The van der Waals surface area contributed by atoms with Gasteiger partial charge >= 0.3 is 0 Å². The van der Waals surface area contributed by atoms with Crippen LogP contribution in [-0.4, -0.2) is 17.8 Å². The Morgan fingerprint density at radius 2 is 2.08 bits per heavy atom. The maximum absolute atomic E-state index is 11.5. The highest BCUT2D eigenvalue weighted by atomic mass is 16.5. The SMILES string of the molecule is C=C(C)C[C@@]1(O)CC[C@H]2[C@@H]3CCc4cc(OC)ccc4[C@H]3CC[C@@]21C. The standard InChI is InChI=1S/C23H32O2/c1-15(2)14-23(24)12-10-21-20-7-5-16-13-17(25-4)6-8-18(16)19(20)9-11-22(21,23)3/h6,8,13,19-21,24H,1,5,7,9-12,14H2,2-4H3/t19-,20-,21+,22+,23+/m1/s1. The Labute approximate surface area is 152 Å². The number of hydrogen-bond acceptors (Lipinski definition) is 2. The average molecular weight is 341 g/mol. The first kappa shape index (κ1) is 17.1. The zero-order chi connectivity index (χ0) is 17.8. The van der Waals surface area contributed by atoms with E-state index < -0.39 is 5.60 Å². The fraction of sp³-hybridized carbons (Fsp3) is 0.652. The minimum absolute atomic E-state index is 0.0527. The molecular formula is C23H32O2. The van der Waals surface area contributed by atoms with E-state index in [0.29, 0.717) is 11.8 Å². The molecule has 0 aliphatic heterocycles.